The first-order chi connectivity index (χ1) is 9.81. The van der Waals surface area contributed by atoms with E-state index in [1.54, 1.807) is 7.11 Å². The van der Waals surface area contributed by atoms with E-state index in [0.717, 1.165) is 25.1 Å². The summed E-state index contributed by atoms with van der Waals surface area (Å²) in [5.74, 6) is 0.846. The molecule has 0 heterocycles. The molecule has 0 saturated heterocycles. The molecule has 2 aromatic rings. The molecule has 0 atom stereocenters. The molecule has 2 rings (SSSR count). The Morgan fingerprint density at radius 1 is 0.950 bits per heavy atom. The lowest BCUT2D eigenvalue weighted by molar-refractivity contribution is -0.109. The van der Waals surface area contributed by atoms with Crippen molar-refractivity contribution in [2.75, 3.05) is 13.7 Å². The van der Waals surface area contributed by atoms with Crippen LogP contribution in [0.15, 0.2) is 54.6 Å². The van der Waals surface area contributed by atoms with Crippen LogP contribution in [0.3, 0.4) is 0 Å². The zero-order valence-corrected chi connectivity index (χ0v) is 11.7. The lowest BCUT2D eigenvalue weighted by Gasteiger charge is -2.20. The van der Waals surface area contributed by atoms with E-state index < -0.39 is 0 Å². The largest absolute Gasteiger partial charge is 0.497 e. The van der Waals surface area contributed by atoms with Gasteiger partial charge in [-0.05, 0) is 23.3 Å². The molecule has 0 fully saturated rings. The number of aldehydes is 1. The van der Waals surface area contributed by atoms with E-state index in [-0.39, 0.29) is 0 Å². The van der Waals surface area contributed by atoms with Crippen molar-refractivity contribution in [2.24, 2.45) is 0 Å². The highest BCUT2D eigenvalue weighted by Crippen LogP contribution is 2.14. The first-order valence-corrected chi connectivity index (χ1v) is 6.64. The van der Waals surface area contributed by atoms with Gasteiger partial charge in [-0.1, -0.05) is 42.5 Å². The maximum Gasteiger partial charge on any atom is 0.134 e. The summed E-state index contributed by atoms with van der Waals surface area (Å²) in [6.07, 6.45) is 0.951. The van der Waals surface area contributed by atoms with Gasteiger partial charge >= 0.3 is 0 Å². The number of hydrogen-bond donors (Lipinski definition) is 0. The van der Waals surface area contributed by atoms with Crippen molar-refractivity contribution in [1.29, 1.82) is 0 Å². The van der Waals surface area contributed by atoms with Gasteiger partial charge in [-0.2, -0.15) is 0 Å². The summed E-state index contributed by atoms with van der Waals surface area (Å²) < 4.78 is 5.15. The molecule has 0 aromatic heterocycles. The SMILES string of the molecule is COc1ccc(CN(CC=O)Cc2ccccc2)cc1. The van der Waals surface area contributed by atoms with Gasteiger partial charge in [0.05, 0.1) is 13.7 Å². The molecule has 0 radical (unpaired) electrons. The molecule has 0 N–H and O–H groups in total. The third kappa shape index (κ3) is 4.21. The highest BCUT2D eigenvalue weighted by Gasteiger charge is 2.06. The van der Waals surface area contributed by atoms with Crippen molar-refractivity contribution >= 4 is 6.29 Å². The van der Waals surface area contributed by atoms with Gasteiger partial charge in [0.2, 0.25) is 0 Å². The minimum Gasteiger partial charge on any atom is -0.497 e. The van der Waals surface area contributed by atoms with Crippen LogP contribution >= 0.6 is 0 Å². The van der Waals surface area contributed by atoms with Gasteiger partial charge in [-0.3, -0.25) is 4.90 Å². The maximum absolute atomic E-state index is 10.8. The van der Waals surface area contributed by atoms with E-state index in [1.165, 1.54) is 11.1 Å². The summed E-state index contributed by atoms with van der Waals surface area (Å²) in [7, 11) is 1.66. The van der Waals surface area contributed by atoms with Crippen LogP contribution in [-0.2, 0) is 17.9 Å². The summed E-state index contributed by atoms with van der Waals surface area (Å²) in [5.41, 5.74) is 2.38. The van der Waals surface area contributed by atoms with Crippen LogP contribution in [0.4, 0.5) is 0 Å². The molecule has 0 bridgehead atoms. The molecule has 0 spiro atoms. The summed E-state index contributed by atoms with van der Waals surface area (Å²) in [5, 5.41) is 0. The minimum absolute atomic E-state index is 0.431. The first kappa shape index (κ1) is 14.3. The van der Waals surface area contributed by atoms with Gasteiger partial charge in [0.25, 0.3) is 0 Å². The Morgan fingerprint density at radius 3 is 2.10 bits per heavy atom. The molecule has 104 valence electrons. The van der Waals surface area contributed by atoms with Gasteiger partial charge in [-0.25, -0.2) is 0 Å². The van der Waals surface area contributed by atoms with Gasteiger partial charge in [0.1, 0.15) is 12.0 Å². The Bertz CT molecular complexity index is 522. The lowest BCUT2D eigenvalue weighted by Crippen LogP contribution is -2.24. The van der Waals surface area contributed by atoms with Crippen molar-refractivity contribution in [1.82, 2.24) is 4.90 Å². The number of nitrogens with zero attached hydrogens (tertiary/aromatic N) is 1. The highest BCUT2D eigenvalue weighted by molar-refractivity contribution is 5.52. The van der Waals surface area contributed by atoms with E-state index in [1.807, 2.05) is 42.5 Å². The molecular weight excluding hydrogens is 250 g/mol. The molecular formula is C17H19NO2. The van der Waals surface area contributed by atoms with Crippen LogP contribution in [0.25, 0.3) is 0 Å². The van der Waals surface area contributed by atoms with E-state index in [4.69, 9.17) is 4.74 Å². The Morgan fingerprint density at radius 2 is 1.55 bits per heavy atom. The third-order valence-corrected chi connectivity index (χ3v) is 3.15. The van der Waals surface area contributed by atoms with Gasteiger partial charge in [0.15, 0.2) is 0 Å². The molecule has 3 nitrogen and oxygen atoms in total. The molecule has 3 heteroatoms. The summed E-state index contributed by atoms with van der Waals surface area (Å²) in [4.78, 5) is 12.9. The number of ether oxygens (including phenoxy) is 1. The third-order valence-electron chi connectivity index (χ3n) is 3.15. The van der Waals surface area contributed by atoms with Crippen LogP contribution in [0, 0.1) is 0 Å². The second kappa shape index (κ2) is 7.46. The molecule has 20 heavy (non-hydrogen) atoms. The molecule has 0 saturated carbocycles. The Kier molecular flexibility index (Phi) is 5.33. The highest BCUT2D eigenvalue weighted by atomic mass is 16.5. The van der Waals surface area contributed by atoms with Crippen molar-refractivity contribution in [3.63, 3.8) is 0 Å². The van der Waals surface area contributed by atoms with E-state index >= 15 is 0 Å². The number of carbonyl (C=O) groups is 1. The molecule has 0 unspecified atom stereocenters. The van der Waals surface area contributed by atoms with Crippen LogP contribution in [0.5, 0.6) is 5.75 Å². The minimum atomic E-state index is 0.431. The Hall–Kier alpha value is -2.13. The van der Waals surface area contributed by atoms with Crippen LogP contribution in [0.2, 0.25) is 0 Å². The number of methoxy groups -OCH3 is 1. The standard InChI is InChI=1S/C17H19NO2/c1-20-17-9-7-16(8-10-17)14-18(11-12-19)13-15-5-3-2-4-6-15/h2-10,12H,11,13-14H2,1H3. The molecule has 2 aromatic carbocycles. The topological polar surface area (TPSA) is 29.5 Å². The zero-order chi connectivity index (χ0) is 14.2. The smallest absolute Gasteiger partial charge is 0.134 e. The monoisotopic (exact) mass is 269 g/mol. The average Bonchev–Trinajstić information content (AvgIpc) is 2.49. The van der Waals surface area contributed by atoms with Crippen LogP contribution in [-0.4, -0.2) is 24.8 Å². The normalized spacial score (nSPS) is 10.5. The second-order valence-corrected chi connectivity index (χ2v) is 4.67. The van der Waals surface area contributed by atoms with E-state index in [0.29, 0.717) is 6.54 Å². The summed E-state index contributed by atoms with van der Waals surface area (Å²) >= 11 is 0. The fraction of sp³-hybridized carbons (Fsp3) is 0.235. The predicted octanol–water partition coefficient (Wildman–Crippen LogP) is 2.90. The lowest BCUT2D eigenvalue weighted by atomic mass is 10.1. The van der Waals surface area contributed by atoms with E-state index in [2.05, 4.69) is 17.0 Å². The molecule has 0 aliphatic carbocycles. The number of benzene rings is 2. The fourth-order valence-electron chi connectivity index (χ4n) is 2.12. The van der Waals surface area contributed by atoms with Gasteiger partial charge < -0.3 is 9.53 Å². The number of carbonyl (C=O) groups excluding carboxylic acids is 1. The first-order valence-electron chi connectivity index (χ1n) is 6.64. The molecule has 0 amide bonds. The summed E-state index contributed by atoms with van der Waals surface area (Å²) in [6.45, 7) is 1.95. The van der Waals surface area contributed by atoms with Crippen molar-refractivity contribution in [2.45, 2.75) is 13.1 Å². The Balaban J connectivity index is 2.02. The van der Waals surface area contributed by atoms with Crippen LogP contribution in [0.1, 0.15) is 11.1 Å². The van der Waals surface area contributed by atoms with Gasteiger partial charge in [-0.15, -0.1) is 0 Å². The van der Waals surface area contributed by atoms with Crippen molar-refractivity contribution in [3.8, 4) is 5.75 Å². The van der Waals surface area contributed by atoms with Crippen molar-refractivity contribution in [3.05, 3.63) is 65.7 Å². The summed E-state index contributed by atoms with van der Waals surface area (Å²) in [6, 6.07) is 18.1. The average molecular weight is 269 g/mol. The van der Waals surface area contributed by atoms with Crippen LogP contribution < -0.4 is 4.74 Å². The number of hydrogen-bond acceptors (Lipinski definition) is 3. The molecule has 0 aliphatic heterocycles. The fourth-order valence-corrected chi connectivity index (χ4v) is 2.12. The quantitative estimate of drug-likeness (QED) is 0.724. The second-order valence-electron chi connectivity index (χ2n) is 4.67. The number of rotatable bonds is 7. The van der Waals surface area contributed by atoms with Crippen molar-refractivity contribution < 1.29 is 9.53 Å². The van der Waals surface area contributed by atoms with Gasteiger partial charge in [0, 0.05) is 13.1 Å². The Labute approximate surface area is 119 Å². The predicted molar refractivity (Wildman–Crippen MR) is 79.6 cm³/mol. The zero-order valence-electron chi connectivity index (χ0n) is 11.7. The molecule has 0 aliphatic rings. The van der Waals surface area contributed by atoms with E-state index in [9.17, 15) is 4.79 Å². The maximum atomic E-state index is 10.8.